The van der Waals surface area contributed by atoms with E-state index in [1.54, 1.807) is 48.6 Å². The number of benzene rings is 2. The Morgan fingerprint density at radius 2 is 1.88 bits per heavy atom. The second-order valence-corrected chi connectivity index (χ2v) is 9.31. The van der Waals surface area contributed by atoms with Crippen LogP contribution in [0.25, 0.3) is 6.08 Å². The van der Waals surface area contributed by atoms with Gasteiger partial charge >= 0.3 is 0 Å². The number of aliphatic hydroxyl groups is 2. The van der Waals surface area contributed by atoms with E-state index in [0.717, 1.165) is 11.6 Å². The second-order valence-electron chi connectivity index (χ2n) is 9.31. The maximum absolute atomic E-state index is 12.6. The number of methoxy groups -OCH3 is 1. The summed E-state index contributed by atoms with van der Waals surface area (Å²) in [6, 6.07) is 11.9. The minimum atomic E-state index is -0.308. The summed E-state index contributed by atoms with van der Waals surface area (Å²) in [7, 11) is 1.53. The van der Waals surface area contributed by atoms with Gasteiger partial charge in [-0.05, 0) is 72.9 Å². The number of allylic oxidation sites excluding steroid dienone is 9. The fraction of sp³-hybridized carbons (Fsp3) is 0.152. The van der Waals surface area contributed by atoms with E-state index in [1.807, 2.05) is 31.2 Å². The number of rotatable bonds is 8. The van der Waals surface area contributed by atoms with E-state index in [2.05, 4.69) is 0 Å². The zero-order chi connectivity index (χ0) is 28.6. The van der Waals surface area contributed by atoms with Crippen LogP contribution in [-0.2, 0) is 4.79 Å². The van der Waals surface area contributed by atoms with Crippen LogP contribution in [0.5, 0.6) is 17.2 Å². The van der Waals surface area contributed by atoms with Crippen LogP contribution in [0.4, 0.5) is 0 Å². The highest BCUT2D eigenvalue weighted by Gasteiger charge is 2.16. The molecular weight excluding hydrogens is 508 g/mol. The molecule has 0 saturated carbocycles. The Hall–Kier alpha value is -5.04. The number of aliphatic hydroxyl groups excluding tert-OH is 2. The highest BCUT2D eigenvalue weighted by molar-refractivity contribution is 6.06. The van der Waals surface area contributed by atoms with Gasteiger partial charge in [-0.25, -0.2) is 0 Å². The predicted molar refractivity (Wildman–Crippen MR) is 153 cm³/mol. The number of carbonyl (C=O) groups is 2. The van der Waals surface area contributed by atoms with Crippen molar-refractivity contribution in [3.63, 3.8) is 0 Å². The van der Waals surface area contributed by atoms with Crippen molar-refractivity contribution in [3.05, 3.63) is 131 Å². The van der Waals surface area contributed by atoms with Gasteiger partial charge in [-0.2, -0.15) is 0 Å². The first-order valence-electron chi connectivity index (χ1n) is 12.7. The summed E-state index contributed by atoms with van der Waals surface area (Å²) < 4.78 is 11.2. The average Bonchev–Trinajstić information content (AvgIpc) is 3.12. The number of aromatic hydroxyl groups is 1. The lowest BCUT2D eigenvalue weighted by molar-refractivity contribution is -0.113. The molecule has 2 aliphatic carbocycles. The lowest BCUT2D eigenvalue weighted by atomic mass is 9.94. The first kappa shape index (κ1) is 28.0. The maximum Gasteiger partial charge on any atom is 0.189 e. The molecule has 0 radical (unpaired) electrons. The molecule has 7 nitrogen and oxygen atoms in total. The highest BCUT2D eigenvalue weighted by atomic mass is 16.5. The summed E-state index contributed by atoms with van der Waals surface area (Å²) in [5, 5.41) is 30.9. The Bertz CT molecular complexity index is 1530. The second kappa shape index (κ2) is 12.7. The molecule has 3 N–H and O–H groups in total. The fourth-order valence-electron chi connectivity index (χ4n) is 4.27. The van der Waals surface area contributed by atoms with E-state index in [1.165, 1.54) is 25.3 Å². The third-order valence-corrected chi connectivity index (χ3v) is 6.39. The number of phenols is 1. The first-order chi connectivity index (χ1) is 19.2. The third-order valence-electron chi connectivity index (χ3n) is 6.39. The average molecular weight is 539 g/mol. The molecule has 4 rings (SSSR count). The van der Waals surface area contributed by atoms with Gasteiger partial charge in [-0.1, -0.05) is 48.6 Å². The van der Waals surface area contributed by atoms with E-state index in [9.17, 15) is 24.9 Å². The summed E-state index contributed by atoms with van der Waals surface area (Å²) in [6.07, 6.45) is 15.2. The Balaban J connectivity index is 1.40. The number of para-hydroxylation sites is 1. The molecule has 2 aromatic carbocycles. The van der Waals surface area contributed by atoms with Crippen molar-refractivity contribution < 1.29 is 34.4 Å². The Morgan fingerprint density at radius 1 is 1.07 bits per heavy atom. The van der Waals surface area contributed by atoms with Crippen molar-refractivity contribution in [2.24, 2.45) is 5.92 Å². The van der Waals surface area contributed by atoms with Gasteiger partial charge in [-0.15, -0.1) is 0 Å². The molecule has 1 unspecified atom stereocenters. The molecule has 0 aliphatic heterocycles. The number of ether oxygens (including phenoxy) is 2. The fourth-order valence-corrected chi connectivity index (χ4v) is 4.27. The SMILES string of the molecule is COc1ccccc1C(=O)/C=C/C1C=C(C)C(Oc2ccc(/C=C/C(O)=C3C=CCC(=O)C=C3O)cc2O)=CC1. The van der Waals surface area contributed by atoms with E-state index >= 15 is 0 Å². The quantitative estimate of drug-likeness (QED) is 0.191. The molecule has 0 fully saturated rings. The number of carbonyl (C=O) groups excluding carboxylic acids is 2. The van der Waals surface area contributed by atoms with E-state index in [4.69, 9.17) is 9.47 Å². The van der Waals surface area contributed by atoms with Gasteiger partial charge in [0.2, 0.25) is 0 Å². The molecule has 0 saturated heterocycles. The molecular formula is C33H30O7. The van der Waals surface area contributed by atoms with Crippen molar-refractivity contribution in [2.45, 2.75) is 19.8 Å². The van der Waals surface area contributed by atoms with E-state index < -0.39 is 0 Å². The Kier molecular flexibility index (Phi) is 8.86. The van der Waals surface area contributed by atoms with Crippen LogP contribution in [0, 0.1) is 5.92 Å². The van der Waals surface area contributed by atoms with Gasteiger partial charge in [0, 0.05) is 12.5 Å². The molecule has 0 spiro atoms. The molecule has 0 heterocycles. The smallest absolute Gasteiger partial charge is 0.189 e. The van der Waals surface area contributed by atoms with Gasteiger partial charge < -0.3 is 24.8 Å². The minimum Gasteiger partial charge on any atom is -0.507 e. The molecule has 7 heteroatoms. The van der Waals surface area contributed by atoms with Crippen molar-refractivity contribution >= 4 is 17.6 Å². The number of hydrogen-bond acceptors (Lipinski definition) is 7. The van der Waals surface area contributed by atoms with Gasteiger partial charge in [0.1, 0.15) is 23.0 Å². The lowest BCUT2D eigenvalue weighted by Crippen LogP contribution is -2.06. The topological polar surface area (TPSA) is 113 Å². The Labute approximate surface area is 232 Å². The van der Waals surface area contributed by atoms with Gasteiger partial charge in [0.05, 0.1) is 18.2 Å². The van der Waals surface area contributed by atoms with E-state index in [0.29, 0.717) is 29.1 Å². The molecule has 204 valence electrons. The zero-order valence-corrected chi connectivity index (χ0v) is 22.2. The van der Waals surface area contributed by atoms with Crippen LogP contribution < -0.4 is 9.47 Å². The summed E-state index contributed by atoms with van der Waals surface area (Å²) in [5.74, 6) is 0.420. The van der Waals surface area contributed by atoms with Crippen LogP contribution in [-0.4, -0.2) is 34.0 Å². The summed E-state index contributed by atoms with van der Waals surface area (Å²) in [4.78, 5) is 24.2. The highest BCUT2D eigenvalue weighted by Crippen LogP contribution is 2.33. The van der Waals surface area contributed by atoms with Gasteiger partial charge in [0.15, 0.2) is 23.1 Å². The minimum absolute atomic E-state index is 0.0182. The van der Waals surface area contributed by atoms with Gasteiger partial charge in [-0.3, -0.25) is 9.59 Å². The molecule has 40 heavy (non-hydrogen) atoms. The monoisotopic (exact) mass is 538 g/mol. The number of ketones is 2. The zero-order valence-electron chi connectivity index (χ0n) is 22.2. The molecule has 2 aliphatic rings. The van der Waals surface area contributed by atoms with Crippen molar-refractivity contribution in [2.75, 3.05) is 7.11 Å². The van der Waals surface area contributed by atoms with Gasteiger partial charge in [0.25, 0.3) is 0 Å². The van der Waals surface area contributed by atoms with Crippen molar-refractivity contribution in [1.82, 2.24) is 0 Å². The van der Waals surface area contributed by atoms with Crippen LogP contribution in [0.2, 0.25) is 0 Å². The number of phenolic OH excluding ortho intramolecular Hbond substituents is 1. The standard InChI is InChI=1S/C33H30O7/c1-21-18-22(10-15-28(36)26-7-3-4-9-32(26)39-2)12-16-31(21)40-33-17-13-23(19-30(33)38)11-14-27(35)25-8-5-6-24(34)20-29(25)37/h3-5,7-11,13-20,22,35,37-38H,6,12H2,1-2H3/b14-11+,15-10+,27-25?. The predicted octanol–water partition coefficient (Wildman–Crippen LogP) is 6.87. The normalized spacial score (nSPS) is 18.7. The maximum atomic E-state index is 12.6. The number of hydrogen-bond donors (Lipinski definition) is 3. The molecule has 2 aromatic rings. The third kappa shape index (κ3) is 6.88. The molecule has 1 atom stereocenters. The largest absolute Gasteiger partial charge is 0.507 e. The van der Waals surface area contributed by atoms with Crippen LogP contribution in [0.3, 0.4) is 0 Å². The van der Waals surface area contributed by atoms with Crippen molar-refractivity contribution in [1.29, 1.82) is 0 Å². The summed E-state index contributed by atoms with van der Waals surface area (Å²) in [6.45, 7) is 1.90. The summed E-state index contributed by atoms with van der Waals surface area (Å²) >= 11 is 0. The van der Waals surface area contributed by atoms with Crippen molar-refractivity contribution in [3.8, 4) is 17.2 Å². The first-order valence-corrected chi connectivity index (χ1v) is 12.7. The van der Waals surface area contributed by atoms with Crippen LogP contribution >= 0.6 is 0 Å². The van der Waals surface area contributed by atoms with Crippen LogP contribution in [0.15, 0.2) is 119 Å². The molecule has 0 aromatic heterocycles. The molecule has 0 bridgehead atoms. The summed E-state index contributed by atoms with van der Waals surface area (Å²) in [5.41, 5.74) is 2.10. The molecule has 0 amide bonds. The van der Waals surface area contributed by atoms with Crippen LogP contribution in [0.1, 0.15) is 35.7 Å². The van der Waals surface area contributed by atoms with E-state index in [-0.39, 0.29) is 52.5 Å². The lowest BCUT2D eigenvalue weighted by Gasteiger charge is -2.19. The Morgan fingerprint density at radius 3 is 2.62 bits per heavy atom.